The van der Waals surface area contributed by atoms with Gasteiger partial charge in [-0.3, -0.25) is 0 Å². The Morgan fingerprint density at radius 3 is 2.55 bits per heavy atom. The minimum absolute atomic E-state index is 0.906. The predicted octanol–water partition coefficient (Wildman–Crippen LogP) is 9.31. The first-order valence-electron chi connectivity index (χ1n) is 11.3. The fourth-order valence-electron chi connectivity index (χ4n) is 5.30. The van der Waals surface area contributed by atoms with Crippen molar-refractivity contribution < 1.29 is 4.42 Å². The molecule has 0 radical (unpaired) electrons. The van der Waals surface area contributed by atoms with Crippen molar-refractivity contribution in [1.82, 2.24) is 4.57 Å². The van der Waals surface area contributed by atoms with Gasteiger partial charge < -0.3 is 8.98 Å². The van der Waals surface area contributed by atoms with Crippen molar-refractivity contribution in [2.45, 2.75) is 12.8 Å². The van der Waals surface area contributed by atoms with Gasteiger partial charge in [-0.15, -0.1) is 0 Å². The molecule has 2 heterocycles. The average molecular weight is 490 g/mol. The number of benzene rings is 4. The van der Waals surface area contributed by atoms with Crippen LogP contribution in [0.25, 0.3) is 60.6 Å². The first-order valence-corrected chi connectivity index (χ1v) is 12.1. The van der Waals surface area contributed by atoms with Crippen LogP contribution >= 0.6 is 15.9 Å². The molecule has 0 fully saturated rings. The van der Waals surface area contributed by atoms with Gasteiger partial charge in [0.15, 0.2) is 0 Å². The van der Waals surface area contributed by atoms with E-state index in [2.05, 4.69) is 105 Å². The van der Waals surface area contributed by atoms with E-state index in [1.165, 1.54) is 38.6 Å². The summed E-state index contributed by atoms with van der Waals surface area (Å²) in [7, 11) is 0. The number of nitrogens with zero attached hydrogens (tertiary/aromatic N) is 1. The number of rotatable bonds is 2. The third-order valence-electron chi connectivity index (χ3n) is 6.73. The Kier molecular flexibility index (Phi) is 4.15. The molecule has 0 aliphatic heterocycles. The molecule has 1 aliphatic carbocycles. The van der Waals surface area contributed by atoms with Crippen LogP contribution in [-0.2, 0) is 0 Å². The van der Waals surface area contributed by atoms with Gasteiger partial charge in [0.1, 0.15) is 11.2 Å². The normalized spacial score (nSPS) is 14.0. The van der Waals surface area contributed by atoms with Gasteiger partial charge in [0.2, 0.25) is 0 Å². The Balaban J connectivity index is 1.56. The summed E-state index contributed by atoms with van der Waals surface area (Å²) in [6.07, 6.45) is 8.81. The van der Waals surface area contributed by atoms with Crippen molar-refractivity contribution in [3.8, 4) is 11.1 Å². The van der Waals surface area contributed by atoms with Crippen LogP contribution in [-0.4, -0.2) is 4.57 Å². The van der Waals surface area contributed by atoms with Crippen LogP contribution in [0, 0.1) is 0 Å². The Morgan fingerprint density at radius 2 is 1.64 bits per heavy atom. The van der Waals surface area contributed by atoms with E-state index in [1.54, 1.807) is 0 Å². The molecule has 1 aliphatic rings. The van der Waals surface area contributed by atoms with Crippen molar-refractivity contribution in [2.24, 2.45) is 0 Å². The molecule has 0 bridgehead atoms. The van der Waals surface area contributed by atoms with Gasteiger partial charge in [0, 0.05) is 31.7 Å². The fraction of sp³-hybridized carbons (Fsp3) is 0.0667. The zero-order valence-corrected chi connectivity index (χ0v) is 19.5. The number of furan rings is 1. The average Bonchev–Trinajstić information content (AvgIpc) is 3.40. The number of allylic oxidation sites excluding steroid dienone is 4. The third kappa shape index (κ3) is 2.79. The highest BCUT2D eigenvalue weighted by molar-refractivity contribution is 9.10. The number of hydrogen-bond acceptors (Lipinski definition) is 1. The molecule has 2 aromatic heterocycles. The molecule has 7 rings (SSSR count). The summed E-state index contributed by atoms with van der Waals surface area (Å²) in [6.45, 7) is 0. The summed E-state index contributed by atoms with van der Waals surface area (Å²) < 4.78 is 9.62. The van der Waals surface area contributed by atoms with Gasteiger partial charge in [-0.05, 0) is 66.4 Å². The molecule has 33 heavy (non-hydrogen) atoms. The largest absolute Gasteiger partial charge is 0.456 e. The SMILES string of the molecule is Brc1cccc2oc3ccc(-c4cccc5c4c4ccccc4n5C4=CC=CCC4)cc3c12. The van der Waals surface area contributed by atoms with Crippen molar-refractivity contribution >= 4 is 65.4 Å². The highest BCUT2D eigenvalue weighted by Crippen LogP contribution is 2.41. The zero-order chi connectivity index (χ0) is 21.9. The molecule has 0 N–H and O–H groups in total. The van der Waals surface area contributed by atoms with Gasteiger partial charge in [0.05, 0.1) is 11.0 Å². The van der Waals surface area contributed by atoms with Gasteiger partial charge in [-0.25, -0.2) is 0 Å². The molecule has 0 unspecified atom stereocenters. The van der Waals surface area contributed by atoms with Gasteiger partial charge >= 0.3 is 0 Å². The molecule has 3 heteroatoms. The molecule has 6 aromatic rings. The van der Waals surface area contributed by atoms with Crippen LogP contribution in [0.15, 0.2) is 106 Å². The summed E-state index contributed by atoms with van der Waals surface area (Å²) in [6, 6.07) is 28.1. The third-order valence-corrected chi connectivity index (χ3v) is 7.39. The Labute approximate surface area is 199 Å². The van der Waals surface area contributed by atoms with Crippen LogP contribution in [0.1, 0.15) is 12.8 Å². The van der Waals surface area contributed by atoms with Crippen LogP contribution in [0.2, 0.25) is 0 Å². The molecule has 158 valence electrons. The Hall–Kier alpha value is -3.56. The number of fused-ring (bicyclic) bond motifs is 6. The monoisotopic (exact) mass is 489 g/mol. The van der Waals surface area contributed by atoms with E-state index in [0.29, 0.717) is 0 Å². The Morgan fingerprint density at radius 1 is 0.758 bits per heavy atom. The standard InChI is InChI=1S/C30H20BrNO/c31-24-12-7-15-28-30(24)23-18-19(16-17-27(23)33-28)21-11-6-14-26-29(21)22-10-4-5-13-25(22)32(26)20-8-2-1-3-9-20/h1-2,4-8,10-18H,3,9H2. The van der Waals surface area contributed by atoms with Crippen LogP contribution in [0.3, 0.4) is 0 Å². The minimum Gasteiger partial charge on any atom is -0.456 e. The van der Waals surface area contributed by atoms with Crippen LogP contribution < -0.4 is 0 Å². The molecule has 4 aromatic carbocycles. The van der Waals surface area contributed by atoms with Crippen molar-refractivity contribution in [1.29, 1.82) is 0 Å². The lowest BCUT2D eigenvalue weighted by Gasteiger charge is -2.14. The summed E-state index contributed by atoms with van der Waals surface area (Å²) in [4.78, 5) is 0. The predicted molar refractivity (Wildman–Crippen MR) is 143 cm³/mol. The lowest BCUT2D eigenvalue weighted by molar-refractivity contribution is 0.669. The molecular formula is C30H20BrNO. The van der Waals surface area contributed by atoms with Crippen LogP contribution in [0.4, 0.5) is 0 Å². The van der Waals surface area contributed by atoms with Crippen molar-refractivity contribution in [2.75, 3.05) is 0 Å². The molecular weight excluding hydrogens is 470 g/mol. The van der Waals surface area contributed by atoms with Gasteiger partial charge in [0.25, 0.3) is 0 Å². The Bertz CT molecular complexity index is 1780. The van der Waals surface area contributed by atoms with Gasteiger partial charge in [-0.2, -0.15) is 0 Å². The van der Waals surface area contributed by atoms with E-state index in [9.17, 15) is 0 Å². The molecule has 0 spiro atoms. The molecule has 0 saturated heterocycles. The molecule has 2 nitrogen and oxygen atoms in total. The number of aromatic nitrogens is 1. The maximum atomic E-state index is 6.12. The second kappa shape index (κ2) is 7.23. The fourth-order valence-corrected chi connectivity index (χ4v) is 5.86. The van der Waals surface area contributed by atoms with Crippen LogP contribution in [0.5, 0.6) is 0 Å². The highest BCUT2D eigenvalue weighted by Gasteiger charge is 2.18. The minimum atomic E-state index is 0.906. The van der Waals surface area contributed by atoms with E-state index in [0.717, 1.165) is 39.3 Å². The lowest BCUT2D eigenvalue weighted by Crippen LogP contribution is -1.98. The second-order valence-corrected chi connectivity index (χ2v) is 9.46. The lowest BCUT2D eigenvalue weighted by atomic mass is 9.98. The molecule has 0 saturated carbocycles. The van der Waals surface area contributed by atoms with E-state index < -0.39 is 0 Å². The van der Waals surface area contributed by atoms with E-state index >= 15 is 0 Å². The zero-order valence-electron chi connectivity index (χ0n) is 17.9. The number of para-hydroxylation sites is 1. The summed E-state index contributed by atoms with van der Waals surface area (Å²) in [5, 5.41) is 4.85. The smallest absolute Gasteiger partial charge is 0.136 e. The maximum absolute atomic E-state index is 6.12. The van der Waals surface area contributed by atoms with Crippen molar-refractivity contribution in [3.63, 3.8) is 0 Å². The van der Waals surface area contributed by atoms with Crippen molar-refractivity contribution in [3.05, 3.63) is 102 Å². The molecule has 0 atom stereocenters. The van der Waals surface area contributed by atoms with Gasteiger partial charge in [-0.1, -0.05) is 70.5 Å². The number of hydrogen-bond donors (Lipinski definition) is 0. The highest BCUT2D eigenvalue weighted by atomic mass is 79.9. The first-order chi connectivity index (χ1) is 16.3. The van der Waals surface area contributed by atoms with E-state index in [1.807, 2.05) is 12.1 Å². The summed E-state index contributed by atoms with van der Waals surface area (Å²) in [5.41, 5.74) is 8.14. The number of halogens is 1. The summed E-state index contributed by atoms with van der Waals surface area (Å²) >= 11 is 3.72. The van der Waals surface area contributed by atoms with E-state index in [4.69, 9.17) is 4.42 Å². The topological polar surface area (TPSA) is 18.1 Å². The van der Waals surface area contributed by atoms with E-state index in [-0.39, 0.29) is 0 Å². The molecule has 0 amide bonds. The first kappa shape index (κ1) is 19.0. The quantitative estimate of drug-likeness (QED) is 0.237. The maximum Gasteiger partial charge on any atom is 0.136 e. The second-order valence-electron chi connectivity index (χ2n) is 8.60. The summed E-state index contributed by atoms with van der Waals surface area (Å²) in [5.74, 6) is 0.